The van der Waals surface area contributed by atoms with Gasteiger partial charge in [-0.1, -0.05) is 17.7 Å². The summed E-state index contributed by atoms with van der Waals surface area (Å²) in [5.74, 6) is 0.693. The van der Waals surface area contributed by atoms with Gasteiger partial charge in [0.15, 0.2) is 5.58 Å². The number of nitrogens with zero attached hydrogens (tertiary/aromatic N) is 1. The number of anilines is 1. The number of aryl methyl sites for hydroxylation is 1. The number of alkyl halides is 1. The molecule has 0 aliphatic rings. The third-order valence-electron chi connectivity index (χ3n) is 3.42. The highest BCUT2D eigenvalue weighted by Crippen LogP contribution is 2.36. The topological polar surface area (TPSA) is 38.1 Å². The molecule has 0 saturated heterocycles. The normalized spacial score (nSPS) is 12.7. The molecule has 3 rings (SSSR count). The fraction of sp³-hybridized carbons (Fsp3) is 0.312. The Morgan fingerprint density at radius 3 is 3.04 bits per heavy atom. The third kappa shape index (κ3) is 3.87. The molecule has 3 nitrogen and oxygen atoms in total. The fourth-order valence-electron chi connectivity index (χ4n) is 2.27. The van der Waals surface area contributed by atoms with Crippen LogP contribution in [0.3, 0.4) is 0 Å². The summed E-state index contributed by atoms with van der Waals surface area (Å²) in [6.07, 6.45) is 0.0452. The van der Waals surface area contributed by atoms with Gasteiger partial charge in [-0.05, 0) is 40.7 Å². The van der Waals surface area contributed by atoms with Crippen LogP contribution < -0.4 is 5.32 Å². The van der Waals surface area contributed by atoms with Crippen LogP contribution in [0.2, 0.25) is 5.15 Å². The molecule has 0 aromatic carbocycles. The molecule has 0 aliphatic heterocycles. The summed E-state index contributed by atoms with van der Waals surface area (Å²) >= 11 is 11.3. The van der Waals surface area contributed by atoms with Gasteiger partial charge in [-0.15, -0.1) is 11.3 Å². The summed E-state index contributed by atoms with van der Waals surface area (Å²) in [6.45, 7) is 2.22. The number of rotatable bonds is 6. The zero-order chi connectivity index (χ0) is 16.4. The van der Waals surface area contributed by atoms with Crippen molar-refractivity contribution >= 4 is 55.7 Å². The second-order valence-electron chi connectivity index (χ2n) is 5.26. The number of pyridine rings is 1. The van der Waals surface area contributed by atoms with Gasteiger partial charge in [0, 0.05) is 23.9 Å². The Kier molecular flexibility index (Phi) is 5.24. The second-order valence-corrected chi connectivity index (χ2v) is 7.47. The molecular formula is C16H15BrClFN2OS. The molecule has 0 spiro atoms. The van der Waals surface area contributed by atoms with Crippen LogP contribution in [0.15, 0.2) is 32.5 Å². The van der Waals surface area contributed by atoms with Crippen LogP contribution in [-0.4, -0.2) is 11.2 Å². The van der Waals surface area contributed by atoms with E-state index in [1.54, 1.807) is 24.3 Å². The van der Waals surface area contributed by atoms with Crippen LogP contribution in [0.1, 0.15) is 24.0 Å². The number of hydrogen-bond donors (Lipinski definition) is 1. The molecule has 1 N–H and O–H groups in total. The second kappa shape index (κ2) is 7.20. The summed E-state index contributed by atoms with van der Waals surface area (Å²) in [5.41, 5.74) is 2.08. The van der Waals surface area contributed by atoms with Crippen molar-refractivity contribution in [2.24, 2.45) is 0 Å². The van der Waals surface area contributed by atoms with E-state index < -0.39 is 6.17 Å². The molecule has 1 unspecified atom stereocenters. The predicted molar refractivity (Wildman–Crippen MR) is 97.3 cm³/mol. The molecule has 3 heterocycles. The number of hydrogen-bond acceptors (Lipinski definition) is 4. The number of nitrogens with one attached hydrogen (secondary N) is 1. The quantitative estimate of drug-likeness (QED) is 0.485. The monoisotopic (exact) mass is 416 g/mol. The largest absolute Gasteiger partial charge is 0.456 e. The maximum Gasteiger partial charge on any atom is 0.177 e. The minimum Gasteiger partial charge on any atom is -0.456 e. The standard InChI is InChI=1S/C16H15BrClFN2OS/c1-9(19)4-5-12-14(17)15-16(22-12)11(7-13(18)21-15)20-8-10-3-2-6-23-10/h2-3,6-7,9H,4-5,8H2,1H3,(H,20,21). The first-order valence-corrected chi connectivity index (χ1v) is 9.27. The zero-order valence-corrected chi connectivity index (χ0v) is 15.6. The van der Waals surface area contributed by atoms with Gasteiger partial charge >= 0.3 is 0 Å². The van der Waals surface area contributed by atoms with E-state index >= 15 is 0 Å². The van der Waals surface area contributed by atoms with E-state index in [1.165, 1.54) is 4.88 Å². The molecule has 7 heteroatoms. The van der Waals surface area contributed by atoms with E-state index in [-0.39, 0.29) is 0 Å². The average Bonchev–Trinajstić information content (AvgIpc) is 3.12. The van der Waals surface area contributed by atoms with Crippen LogP contribution in [0.25, 0.3) is 11.1 Å². The molecule has 23 heavy (non-hydrogen) atoms. The SMILES string of the molecule is CC(F)CCc1oc2c(NCc3cccs3)cc(Cl)nc2c1Br. The number of aromatic nitrogens is 1. The fourth-order valence-corrected chi connectivity index (χ4v) is 3.66. The van der Waals surface area contributed by atoms with Crippen molar-refractivity contribution in [2.45, 2.75) is 32.5 Å². The average molecular weight is 418 g/mol. The number of furan rings is 1. The number of fused-ring (bicyclic) bond motifs is 1. The van der Waals surface area contributed by atoms with Crippen LogP contribution in [0, 0.1) is 0 Å². The minimum atomic E-state index is -0.872. The van der Waals surface area contributed by atoms with Gasteiger partial charge in [-0.3, -0.25) is 0 Å². The maximum absolute atomic E-state index is 13.1. The molecule has 1 atom stereocenters. The highest BCUT2D eigenvalue weighted by molar-refractivity contribution is 9.10. The molecule has 0 radical (unpaired) electrons. The Morgan fingerprint density at radius 1 is 1.52 bits per heavy atom. The Morgan fingerprint density at radius 2 is 2.35 bits per heavy atom. The molecule has 122 valence electrons. The Bertz CT molecular complexity index is 804. The van der Waals surface area contributed by atoms with Crippen LogP contribution >= 0.6 is 38.9 Å². The van der Waals surface area contributed by atoms with E-state index in [1.807, 2.05) is 11.4 Å². The summed E-state index contributed by atoms with van der Waals surface area (Å²) in [6, 6.07) is 5.81. The van der Waals surface area contributed by atoms with E-state index in [0.29, 0.717) is 41.4 Å². The molecule has 0 amide bonds. The van der Waals surface area contributed by atoms with Crippen molar-refractivity contribution in [2.75, 3.05) is 5.32 Å². The third-order valence-corrected chi connectivity index (χ3v) is 5.31. The molecule has 3 aromatic heterocycles. The van der Waals surface area contributed by atoms with Gasteiger partial charge in [0.05, 0.1) is 16.3 Å². The van der Waals surface area contributed by atoms with Gasteiger partial charge < -0.3 is 9.73 Å². The van der Waals surface area contributed by atoms with Gasteiger partial charge in [0.2, 0.25) is 0 Å². The van der Waals surface area contributed by atoms with Crippen molar-refractivity contribution in [3.8, 4) is 0 Å². The Hall–Kier alpha value is -1.11. The van der Waals surface area contributed by atoms with E-state index in [9.17, 15) is 4.39 Å². The van der Waals surface area contributed by atoms with E-state index in [2.05, 4.69) is 32.3 Å². The molecular weight excluding hydrogens is 403 g/mol. The first kappa shape index (κ1) is 16.7. The van der Waals surface area contributed by atoms with Gasteiger partial charge in [0.1, 0.15) is 16.4 Å². The lowest BCUT2D eigenvalue weighted by molar-refractivity contribution is 0.333. The van der Waals surface area contributed by atoms with Gasteiger partial charge in [0.25, 0.3) is 0 Å². The maximum atomic E-state index is 13.1. The summed E-state index contributed by atoms with van der Waals surface area (Å²) in [7, 11) is 0. The highest BCUT2D eigenvalue weighted by Gasteiger charge is 2.18. The number of thiophene rings is 1. The summed E-state index contributed by atoms with van der Waals surface area (Å²) in [4.78, 5) is 5.53. The highest BCUT2D eigenvalue weighted by atomic mass is 79.9. The van der Waals surface area contributed by atoms with Crippen LogP contribution in [-0.2, 0) is 13.0 Å². The van der Waals surface area contributed by atoms with Crippen molar-refractivity contribution in [1.82, 2.24) is 4.98 Å². The lowest BCUT2D eigenvalue weighted by Gasteiger charge is -2.06. The molecule has 0 saturated carbocycles. The molecule has 0 aliphatic carbocycles. The van der Waals surface area contributed by atoms with Gasteiger partial charge in [-0.2, -0.15) is 0 Å². The summed E-state index contributed by atoms with van der Waals surface area (Å²) in [5, 5.41) is 5.75. The first-order valence-electron chi connectivity index (χ1n) is 7.22. The first-order chi connectivity index (χ1) is 11.0. The van der Waals surface area contributed by atoms with Crippen molar-refractivity contribution < 1.29 is 8.81 Å². The van der Waals surface area contributed by atoms with Crippen LogP contribution in [0.4, 0.5) is 10.1 Å². The zero-order valence-electron chi connectivity index (χ0n) is 12.4. The lowest BCUT2D eigenvalue weighted by atomic mass is 10.2. The summed E-state index contributed by atoms with van der Waals surface area (Å²) < 4.78 is 19.7. The lowest BCUT2D eigenvalue weighted by Crippen LogP contribution is -1.98. The van der Waals surface area contributed by atoms with Crippen molar-refractivity contribution in [1.29, 1.82) is 0 Å². The van der Waals surface area contributed by atoms with E-state index in [0.717, 1.165) is 10.2 Å². The molecule has 0 bridgehead atoms. The predicted octanol–water partition coefficient (Wildman–Crippen LogP) is 6.21. The molecule has 0 fully saturated rings. The van der Waals surface area contributed by atoms with Crippen molar-refractivity contribution in [3.63, 3.8) is 0 Å². The number of halogens is 3. The van der Waals surface area contributed by atoms with E-state index in [4.69, 9.17) is 16.0 Å². The van der Waals surface area contributed by atoms with Gasteiger partial charge in [-0.25, -0.2) is 9.37 Å². The minimum absolute atomic E-state index is 0.387. The Labute approximate surface area is 151 Å². The Balaban J connectivity index is 1.92. The van der Waals surface area contributed by atoms with Crippen LogP contribution in [0.5, 0.6) is 0 Å². The molecule has 3 aromatic rings. The smallest absolute Gasteiger partial charge is 0.177 e. The van der Waals surface area contributed by atoms with Crippen molar-refractivity contribution in [3.05, 3.63) is 43.8 Å².